The van der Waals surface area contributed by atoms with Gasteiger partial charge in [0.25, 0.3) is 0 Å². The third-order valence-corrected chi connectivity index (χ3v) is 5.00. The van der Waals surface area contributed by atoms with Crippen molar-refractivity contribution in [3.8, 4) is 0 Å². The monoisotopic (exact) mass is 300 g/mol. The molecule has 2 heteroatoms. The van der Waals surface area contributed by atoms with Crippen LogP contribution in [0.15, 0.2) is 63.3 Å². The summed E-state index contributed by atoms with van der Waals surface area (Å²) >= 11 is 0. The first-order valence-electron chi connectivity index (χ1n) is 8.22. The van der Waals surface area contributed by atoms with E-state index < -0.39 is 0 Å². The molecule has 0 aromatic carbocycles. The maximum absolute atomic E-state index is 4.02. The van der Waals surface area contributed by atoms with E-state index >= 15 is 0 Å². The lowest BCUT2D eigenvalue weighted by Gasteiger charge is -2.59. The summed E-state index contributed by atoms with van der Waals surface area (Å²) < 4.78 is 0. The molecular formula is C20H32N2. The van der Waals surface area contributed by atoms with E-state index in [0.29, 0.717) is 0 Å². The Morgan fingerprint density at radius 3 is 1.82 bits per heavy atom. The van der Waals surface area contributed by atoms with Crippen molar-refractivity contribution in [2.45, 2.75) is 44.1 Å². The SMILES string of the molecule is C=CCNN1CCCC(CC=C)(CC=C)C1(CC=C)CC=C. The highest BCUT2D eigenvalue weighted by Crippen LogP contribution is 2.53. The van der Waals surface area contributed by atoms with E-state index in [1.54, 1.807) is 0 Å². The van der Waals surface area contributed by atoms with Crippen LogP contribution in [0.4, 0.5) is 0 Å². The van der Waals surface area contributed by atoms with Crippen LogP contribution in [0.25, 0.3) is 0 Å². The van der Waals surface area contributed by atoms with Crippen molar-refractivity contribution in [2.75, 3.05) is 13.1 Å². The molecule has 0 atom stereocenters. The normalized spacial score (nSPS) is 20.0. The van der Waals surface area contributed by atoms with E-state index in [4.69, 9.17) is 0 Å². The van der Waals surface area contributed by atoms with Gasteiger partial charge in [0.05, 0.1) is 0 Å². The molecule has 0 unspecified atom stereocenters. The first-order valence-corrected chi connectivity index (χ1v) is 8.22. The molecule has 0 amide bonds. The summed E-state index contributed by atoms with van der Waals surface area (Å²) in [6, 6.07) is 0. The molecule has 1 aliphatic heterocycles. The van der Waals surface area contributed by atoms with E-state index in [0.717, 1.165) is 38.8 Å². The Kier molecular flexibility index (Phi) is 7.57. The zero-order chi connectivity index (χ0) is 16.5. The first kappa shape index (κ1) is 18.7. The lowest BCUT2D eigenvalue weighted by Crippen LogP contribution is -2.66. The zero-order valence-corrected chi connectivity index (χ0v) is 14.0. The lowest BCUT2D eigenvalue weighted by atomic mass is 9.58. The predicted octanol–water partition coefficient (Wildman–Crippen LogP) is 4.80. The second-order valence-electron chi connectivity index (χ2n) is 6.19. The molecule has 0 saturated carbocycles. The van der Waals surface area contributed by atoms with E-state index in [1.165, 1.54) is 12.8 Å². The Morgan fingerprint density at radius 2 is 1.36 bits per heavy atom. The average molecular weight is 300 g/mol. The lowest BCUT2D eigenvalue weighted by molar-refractivity contribution is -0.0984. The summed E-state index contributed by atoms with van der Waals surface area (Å²) in [4.78, 5) is 0. The van der Waals surface area contributed by atoms with Gasteiger partial charge in [-0.1, -0.05) is 30.4 Å². The maximum atomic E-state index is 4.02. The van der Waals surface area contributed by atoms with Crippen LogP contribution in [0, 0.1) is 5.41 Å². The summed E-state index contributed by atoms with van der Waals surface area (Å²) in [5.41, 5.74) is 3.63. The van der Waals surface area contributed by atoms with Gasteiger partial charge in [0.1, 0.15) is 0 Å². The summed E-state index contributed by atoms with van der Waals surface area (Å²) in [5.74, 6) is 0. The molecule has 1 heterocycles. The minimum Gasteiger partial charge on any atom is -0.251 e. The highest BCUT2D eigenvalue weighted by molar-refractivity contribution is 5.15. The number of nitrogens with one attached hydrogen (secondary N) is 1. The molecule has 1 fully saturated rings. The molecule has 1 rings (SSSR count). The Labute approximate surface area is 136 Å². The van der Waals surface area contributed by atoms with Crippen LogP contribution in [-0.2, 0) is 0 Å². The van der Waals surface area contributed by atoms with Gasteiger partial charge in [-0.05, 0) is 43.9 Å². The molecule has 0 spiro atoms. The number of hydrazine groups is 1. The number of hydrogen-bond acceptors (Lipinski definition) is 2. The largest absolute Gasteiger partial charge is 0.251 e. The van der Waals surface area contributed by atoms with Gasteiger partial charge < -0.3 is 0 Å². The molecule has 22 heavy (non-hydrogen) atoms. The van der Waals surface area contributed by atoms with Crippen LogP contribution in [-0.4, -0.2) is 23.6 Å². The molecular weight excluding hydrogens is 268 g/mol. The zero-order valence-electron chi connectivity index (χ0n) is 14.0. The van der Waals surface area contributed by atoms with E-state index in [2.05, 4.69) is 55.5 Å². The van der Waals surface area contributed by atoms with Gasteiger partial charge in [-0.25, -0.2) is 5.01 Å². The predicted molar refractivity (Wildman–Crippen MR) is 98.6 cm³/mol. The van der Waals surface area contributed by atoms with Crippen molar-refractivity contribution in [3.05, 3.63) is 63.3 Å². The highest BCUT2D eigenvalue weighted by atomic mass is 15.5. The van der Waals surface area contributed by atoms with Crippen molar-refractivity contribution >= 4 is 0 Å². The van der Waals surface area contributed by atoms with Crippen LogP contribution in [0.1, 0.15) is 38.5 Å². The number of nitrogens with zero attached hydrogens (tertiary/aromatic N) is 1. The van der Waals surface area contributed by atoms with Crippen molar-refractivity contribution in [1.82, 2.24) is 10.4 Å². The van der Waals surface area contributed by atoms with Gasteiger partial charge in [-0.2, -0.15) is 0 Å². The highest BCUT2D eigenvalue weighted by Gasteiger charge is 2.53. The summed E-state index contributed by atoms with van der Waals surface area (Å²) in [5, 5.41) is 2.41. The van der Waals surface area contributed by atoms with Crippen molar-refractivity contribution in [2.24, 2.45) is 5.41 Å². The van der Waals surface area contributed by atoms with Gasteiger partial charge in [-0.15, -0.1) is 32.9 Å². The quantitative estimate of drug-likeness (QED) is 0.551. The van der Waals surface area contributed by atoms with Crippen LogP contribution in [0.2, 0.25) is 0 Å². The number of allylic oxidation sites excluding steroid dienone is 2. The first-order chi connectivity index (χ1) is 10.7. The van der Waals surface area contributed by atoms with Crippen LogP contribution >= 0.6 is 0 Å². The third-order valence-electron chi connectivity index (χ3n) is 5.00. The van der Waals surface area contributed by atoms with E-state index in [1.807, 2.05) is 18.2 Å². The summed E-state index contributed by atoms with van der Waals surface area (Å²) in [6.45, 7) is 21.7. The molecule has 0 aromatic rings. The number of piperidine rings is 1. The van der Waals surface area contributed by atoms with Crippen LogP contribution in [0.3, 0.4) is 0 Å². The van der Waals surface area contributed by atoms with Gasteiger partial charge in [0.2, 0.25) is 0 Å². The molecule has 1 N–H and O–H groups in total. The van der Waals surface area contributed by atoms with E-state index in [9.17, 15) is 0 Å². The maximum Gasteiger partial charge on any atom is 0.0484 e. The smallest absolute Gasteiger partial charge is 0.0484 e. The van der Waals surface area contributed by atoms with Gasteiger partial charge in [0.15, 0.2) is 0 Å². The topological polar surface area (TPSA) is 15.3 Å². The molecule has 0 bridgehead atoms. The van der Waals surface area contributed by atoms with Crippen LogP contribution in [0.5, 0.6) is 0 Å². The minimum atomic E-state index is -0.0415. The fraction of sp³-hybridized carbons (Fsp3) is 0.500. The Bertz CT molecular complexity index is 388. The average Bonchev–Trinajstić information content (AvgIpc) is 2.50. The second kappa shape index (κ2) is 8.92. The third kappa shape index (κ3) is 3.50. The van der Waals surface area contributed by atoms with Crippen molar-refractivity contribution in [3.63, 3.8) is 0 Å². The summed E-state index contributed by atoms with van der Waals surface area (Å²) in [7, 11) is 0. The summed E-state index contributed by atoms with van der Waals surface area (Å²) in [6.07, 6.45) is 16.2. The van der Waals surface area contributed by atoms with Crippen molar-refractivity contribution in [1.29, 1.82) is 0 Å². The Morgan fingerprint density at radius 1 is 0.818 bits per heavy atom. The van der Waals surface area contributed by atoms with Gasteiger partial charge in [0, 0.05) is 18.6 Å². The minimum absolute atomic E-state index is 0.0415. The van der Waals surface area contributed by atoms with Gasteiger partial charge in [-0.3, -0.25) is 5.43 Å². The molecule has 1 aliphatic rings. The van der Waals surface area contributed by atoms with Gasteiger partial charge >= 0.3 is 0 Å². The molecule has 2 nitrogen and oxygen atoms in total. The Hall–Kier alpha value is -1.38. The fourth-order valence-corrected chi connectivity index (χ4v) is 4.15. The molecule has 0 aromatic heterocycles. The second-order valence-corrected chi connectivity index (χ2v) is 6.19. The van der Waals surface area contributed by atoms with Crippen molar-refractivity contribution < 1.29 is 0 Å². The van der Waals surface area contributed by atoms with Crippen LogP contribution < -0.4 is 5.43 Å². The number of hydrogen-bond donors (Lipinski definition) is 1. The molecule has 122 valence electrons. The standard InChI is InChI=1S/C20H32N2/c1-6-12-19(13-7-2)16-11-18-22(21-17-10-5)20(19,14-8-3)15-9-4/h6-10,21H,1-5,11-18H2. The number of rotatable bonds is 11. The fourth-order valence-electron chi connectivity index (χ4n) is 4.15. The molecule has 0 aliphatic carbocycles. The Balaban J connectivity index is 3.35. The molecule has 0 radical (unpaired) electrons. The van der Waals surface area contributed by atoms with E-state index in [-0.39, 0.29) is 11.0 Å². The molecule has 1 saturated heterocycles.